The van der Waals surface area contributed by atoms with Crippen LogP contribution in [0.25, 0.3) is 0 Å². The number of nitrogens with zero attached hydrogens (tertiary/aromatic N) is 12. The van der Waals surface area contributed by atoms with Gasteiger partial charge in [0.15, 0.2) is 19.7 Å². The van der Waals surface area contributed by atoms with Gasteiger partial charge in [-0.2, -0.15) is 0 Å². The Bertz CT molecular complexity index is 6370. The van der Waals surface area contributed by atoms with Crippen molar-refractivity contribution in [1.29, 1.82) is 0 Å². The Labute approximate surface area is 880 Å². The maximum atomic E-state index is 13.3. The smallest absolute Gasteiger partial charge is 0.254 e. The summed E-state index contributed by atoms with van der Waals surface area (Å²) < 4.78 is 27.7. The Morgan fingerprint density at radius 3 is 1.12 bits per heavy atom. The van der Waals surface area contributed by atoms with Crippen LogP contribution < -0.4 is 47.9 Å². The number of benzene rings is 4. The first-order valence-corrected chi connectivity index (χ1v) is 55.4. The van der Waals surface area contributed by atoms with Crippen molar-refractivity contribution in [1.82, 2.24) is 65.1 Å². The molecule has 768 valence electrons. The molecule has 7 amide bonds. The van der Waals surface area contributed by atoms with E-state index >= 15 is 0 Å². The zero-order valence-corrected chi connectivity index (χ0v) is 90.7. The molecule has 4 aromatic carbocycles. The number of amides is 7. The minimum atomic E-state index is -0.287. The fourth-order valence-corrected chi connectivity index (χ4v) is 22.7. The average Bonchev–Trinajstić information content (AvgIpc) is 1.70. The molecule has 0 radical (unpaired) electrons. The van der Waals surface area contributed by atoms with Crippen LogP contribution in [-0.2, 0) is 70.4 Å². The van der Waals surface area contributed by atoms with Crippen LogP contribution in [-0.4, -0.2) is 171 Å². The number of aromatic nitrogens is 9. The van der Waals surface area contributed by atoms with Crippen molar-refractivity contribution in [2.75, 3.05) is 81.8 Å². The molecule has 5 atom stereocenters. The molecule has 0 bridgehead atoms. The number of thiazole rings is 3. The number of aryl methyl sites for hydroxylation is 1. The van der Waals surface area contributed by atoms with E-state index in [9.17, 15) is 33.6 Å². The molecule has 8 aromatic heterocycles. The van der Waals surface area contributed by atoms with Crippen LogP contribution in [0.5, 0.6) is 0 Å². The van der Waals surface area contributed by atoms with Gasteiger partial charge in [0, 0.05) is 137 Å². The molecule has 3 aliphatic heterocycles. The van der Waals surface area contributed by atoms with E-state index in [1.165, 1.54) is 35.6 Å². The Hall–Kier alpha value is -12.2. The summed E-state index contributed by atoms with van der Waals surface area (Å²) in [5.74, 6) is 8.00. The molecular weight excluding hydrogens is 1990 g/mol. The molecular formula is C105H129N21O11S8. The van der Waals surface area contributed by atoms with Gasteiger partial charge in [-0.3, -0.25) is 33.6 Å². The quantitative estimate of drug-likeness (QED) is 0.0134. The molecule has 4 aliphatic rings. The molecule has 16 rings (SSSR count). The second kappa shape index (κ2) is 51.7. The van der Waals surface area contributed by atoms with Crippen molar-refractivity contribution in [2.24, 2.45) is 0 Å². The largest absolute Gasteiger partial charge is 0.444 e. The number of thioether (sulfide) groups is 4. The van der Waals surface area contributed by atoms with Crippen molar-refractivity contribution in [3.63, 3.8) is 0 Å². The standard InChI is InChI=1S/2C27H33N5O3S2.C26H33N5O2S2.C25H30N6O3S2/c1-6-22(33)30-18-9-10-20(17(2)12-18)25(34)32-11-7-8-19(15-32)31-26-29-14-24(37-26)36-16-23-28-13-21(35-23)27(3,4)5;1-5-22(33)28-13-18-8-10-19(11-9-18)25(34)32-12-6-7-20(16-32)31-26-30-15-24(37-26)36-17-23-29-14-21(35-23)27(2,3)4;1-5-22(32)30-18-11-9-17(10-12-18)29-19-7-6-8-20(13-19)31-25-28-15-24(35-25)34-16-23-27-14-21(33-23)26(2,3)4;1-5-20(32)27-17-10-8-16(9-11-17)22(33)31-12-6-7-18(14-31)28-23-29-30-24(36-23)35-15-21-26-13-19(34-21)25(2,3)4/h6,9-10,12-14,19H,1,7-8,11,15-16H2,2-5H3,(H,29,31)(H,30,33);5,8-11,14-15,20H,1,6-7,12-13,16-17H2,2-4H3,(H,28,33)(H,30,31);5,9-12,14-15,19-20,29H,1,6-8,13,16H2,2-4H3,(H,28,31)(H,30,32);5,8-11,13,18H,1,6-7,12,14-15H2,2-4H3,(H,27,32)(H,28,29)/t19-;20-;;18-/m11.1/s1. The van der Waals surface area contributed by atoms with Crippen molar-refractivity contribution < 1.29 is 51.2 Å². The fourth-order valence-electron chi connectivity index (χ4n) is 15.6. The molecule has 145 heavy (non-hydrogen) atoms. The molecule has 4 fully saturated rings. The highest BCUT2D eigenvalue weighted by molar-refractivity contribution is 8.01. The minimum absolute atomic E-state index is 0.00144. The van der Waals surface area contributed by atoms with Gasteiger partial charge in [-0.1, -0.05) is 179 Å². The van der Waals surface area contributed by atoms with E-state index in [4.69, 9.17) is 17.7 Å². The Kier molecular flexibility index (Phi) is 39.3. The number of oxazole rings is 4. The van der Waals surface area contributed by atoms with E-state index in [2.05, 4.69) is 202 Å². The highest BCUT2D eigenvalue weighted by atomic mass is 32.2. The van der Waals surface area contributed by atoms with E-state index in [1.807, 2.05) is 113 Å². The molecule has 1 aliphatic carbocycles. The number of rotatable bonds is 34. The predicted molar refractivity (Wildman–Crippen MR) is 585 cm³/mol. The SMILES string of the molecule is C=CC(=O)NCc1ccc(C(=O)N2CCC[C@@H](Nc3ncc(SCc4ncc(C(C)(C)C)o4)s3)C2)cc1.C=CC(=O)Nc1ccc(C(=O)N2CCC[C@@H](Nc3ncc(SCc4ncc(C(C)(C)C)o4)s3)C2)c(C)c1.C=CC(=O)Nc1ccc(C(=O)N2CCC[C@@H](Nc3nnc(SCc4ncc(C(C)(C)C)o4)s3)C2)cc1.C=CC(=O)Nc1ccc(NC2CCCC(Nc3ncc(SCc4ncc(C(C)(C)C)o4)s3)C2)cc1. The highest BCUT2D eigenvalue weighted by Crippen LogP contribution is 2.40. The van der Waals surface area contributed by atoms with E-state index < -0.39 is 0 Å². The van der Waals surface area contributed by atoms with E-state index in [0.717, 1.165) is 166 Å². The van der Waals surface area contributed by atoms with Crippen LogP contribution in [0.15, 0.2) is 220 Å². The molecule has 11 heterocycles. The van der Waals surface area contributed by atoms with Crippen molar-refractivity contribution in [3.8, 4) is 0 Å². The maximum Gasteiger partial charge on any atom is 0.254 e. The average molecular weight is 2120 g/mol. The zero-order valence-electron chi connectivity index (χ0n) is 84.2. The van der Waals surface area contributed by atoms with Crippen LogP contribution in [0.4, 0.5) is 43.3 Å². The first-order valence-electron chi connectivity index (χ1n) is 48.2. The molecule has 3 saturated heterocycles. The Balaban J connectivity index is 0.000000162. The first kappa shape index (κ1) is 110. The summed E-state index contributed by atoms with van der Waals surface area (Å²) in [4.78, 5) is 122. The third kappa shape index (κ3) is 33.9. The first-order chi connectivity index (χ1) is 69.3. The van der Waals surface area contributed by atoms with Gasteiger partial charge < -0.3 is 80.2 Å². The van der Waals surface area contributed by atoms with E-state index in [-0.39, 0.29) is 81.1 Å². The minimum Gasteiger partial charge on any atom is -0.444 e. The summed E-state index contributed by atoms with van der Waals surface area (Å²) in [5, 5.41) is 40.6. The van der Waals surface area contributed by atoms with Crippen LogP contribution >= 0.6 is 92.4 Å². The van der Waals surface area contributed by atoms with Gasteiger partial charge in [0.05, 0.1) is 79.0 Å². The lowest BCUT2D eigenvalue weighted by molar-refractivity contribution is -0.116. The lowest BCUT2D eigenvalue weighted by Crippen LogP contribution is -2.45. The van der Waals surface area contributed by atoms with Gasteiger partial charge in [0.1, 0.15) is 23.0 Å². The normalized spacial score (nSPS) is 16.4. The topological polar surface area (TPSA) is 406 Å². The summed E-state index contributed by atoms with van der Waals surface area (Å²) in [7, 11) is 0. The molecule has 40 heteroatoms. The monoisotopic (exact) mass is 2120 g/mol. The maximum absolute atomic E-state index is 13.3. The second-order valence-electron chi connectivity index (χ2n) is 39.4. The number of hydrogen-bond donors (Lipinski definition) is 9. The summed E-state index contributed by atoms with van der Waals surface area (Å²) in [6.07, 6.45) is 28.0. The van der Waals surface area contributed by atoms with E-state index in [1.54, 1.807) is 124 Å². The molecule has 2 unspecified atom stereocenters. The zero-order chi connectivity index (χ0) is 104. The number of hydrogen-bond acceptors (Lipinski definition) is 33. The molecule has 9 N–H and O–H groups in total. The lowest BCUT2D eigenvalue weighted by atomic mass is 9.91. The number of carbonyl (C=O) groups is 7. The molecule has 0 spiro atoms. The highest BCUT2D eigenvalue weighted by Gasteiger charge is 2.33. The molecule has 1 saturated carbocycles. The summed E-state index contributed by atoms with van der Waals surface area (Å²) in [6.45, 7) is 45.4. The van der Waals surface area contributed by atoms with Crippen LogP contribution in [0, 0.1) is 6.92 Å². The molecule has 12 aromatic rings. The van der Waals surface area contributed by atoms with Crippen LogP contribution in [0.3, 0.4) is 0 Å². The van der Waals surface area contributed by atoms with Crippen molar-refractivity contribution >= 4 is 177 Å². The van der Waals surface area contributed by atoms with Gasteiger partial charge in [0.25, 0.3) is 17.7 Å². The number of carbonyl (C=O) groups excluding carboxylic acids is 7. The summed E-state index contributed by atoms with van der Waals surface area (Å²) >= 11 is 12.9. The van der Waals surface area contributed by atoms with Gasteiger partial charge in [-0.05, 0) is 185 Å². The third-order valence-corrected chi connectivity index (χ3v) is 31.8. The summed E-state index contributed by atoms with van der Waals surface area (Å²) in [6, 6.07) is 28.6. The lowest BCUT2D eigenvalue weighted by Gasteiger charge is -2.33. The van der Waals surface area contributed by atoms with E-state index in [0.29, 0.717) is 114 Å². The Morgan fingerprint density at radius 2 is 0.724 bits per heavy atom. The second-order valence-corrected chi connectivity index (χ2v) is 48.5. The number of likely N-dealkylation sites (tertiary alicyclic amines) is 3. The molecule has 32 nitrogen and oxygen atoms in total. The van der Waals surface area contributed by atoms with Crippen molar-refractivity contribution in [2.45, 2.75) is 253 Å². The number of piperidine rings is 3. The van der Waals surface area contributed by atoms with Gasteiger partial charge >= 0.3 is 0 Å². The van der Waals surface area contributed by atoms with Gasteiger partial charge in [-0.25, -0.2) is 34.9 Å². The van der Waals surface area contributed by atoms with Gasteiger partial charge in [-0.15, -0.1) is 45.5 Å². The van der Waals surface area contributed by atoms with Crippen molar-refractivity contribution in [3.05, 3.63) is 259 Å². The van der Waals surface area contributed by atoms with Crippen LogP contribution in [0.1, 0.15) is 236 Å². The fraction of sp³-hybridized carbons (Fsp3) is 0.410. The predicted octanol–water partition coefficient (Wildman–Crippen LogP) is 22.7. The van der Waals surface area contributed by atoms with Crippen LogP contribution in [0.2, 0.25) is 0 Å². The Morgan fingerprint density at radius 1 is 0.379 bits per heavy atom. The number of nitrogens with one attached hydrogen (secondary N) is 9. The summed E-state index contributed by atoms with van der Waals surface area (Å²) in [5.41, 5.74) is 6.50. The van der Waals surface area contributed by atoms with Gasteiger partial charge in [0.2, 0.25) is 52.3 Å². The number of anilines is 8. The third-order valence-electron chi connectivity index (χ3n) is 23.5.